The van der Waals surface area contributed by atoms with Gasteiger partial charge in [-0.2, -0.15) is 8.39 Å². The average molecular weight is 182 g/mol. The van der Waals surface area contributed by atoms with E-state index >= 15 is 0 Å². The van der Waals surface area contributed by atoms with E-state index in [0.29, 0.717) is 0 Å². The minimum Gasteiger partial charge on any atom is -0.250 e. The fourth-order valence-corrected chi connectivity index (χ4v) is 2.64. The Morgan fingerprint density at radius 3 is 2.18 bits per heavy atom. The van der Waals surface area contributed by atoms with E-state index in [2.05, 4.69) is 0 Å². The first kappa shape index (κ1) is 9.18. The Balaban J connectivity index is 2.30. The van der Waals surface area contributed by atoms with Crippen molar-refractivity contribution in [1.82, 2.24) is 0 Å². The summed E-state index contributed by atoms with van der Waals surface area (Å²) in [5.74, 6) is 0.0320. The van der Waals surface area contributed by atoms with Gasteiger partial charge in [0.05, 0.1) is 6.16 Å². The number of rotatable bonds is 2. The molecule has 4 heteroatoms. The van der Waals surface area contributed by atoms with Crippen molar-refractivity contribution in [3.8, 4) is 0 Å². The van der Waals surface area contributed by atoms with Crippen LogP contribution in [0.15, 0.2) is 0 Å². The molecule has 1 fully saturated rings. The van der Waals surface area contributed by atoms with Crippen molar-refractivity contribution in [2.75, 3.05) is 6.16 Å². The molecule has 0 radical (unpaired) electrons. The van der Waals surface area contributed by atoms with Crippen LogP contribution in [0, 0.1) is 5.92 Å². The molecule has 11 heavy (non-hydrogen) atoms. The zero-order valence-electron chi connectivity index (χ0n) is 6.43. The maximum Gasteiger partial charge on any atom is 0.403 e. The van der Waals surface area contributed by atoms with Gasteiger partial charge in [-0.15, -0.1) is 0 Å². The predicted molar refractivity (Wildman–Crippen MR) is 41.3 cm³/mol. The molecule has 0 aliphatic heterocycles. The molecule has 0 bridgehead atoms. The second kappa shape index (κ2) is 3.66. The Morgan fingerprint density at radius 1 is 1.18 bits per heavy atom. The molecule has 0 N–H and O–H groups in total. The van der Waals surface area contributed by atoms with E-state index in [0.717, 1.165) is 32.1 Å². The van der Waals surface area contributed by atoms with E-state index < -0.39 is 7.76 Å². The lowest BCUT2D eigenvalue weighted by Crippen LogP contribution is -2.09. The fraction of sp³-hybridized carbons (Fsp3) is 1.00. The summed E-state index contributed by atoms with van der Waals surface area (Å²) in [5, 5.41) is 0. The van der Waals surface area contributed by atoms with Gasteiger partial charge in [-0.3, -0.25) is 4.57 Å². The van der Waals surface area contributed by atoms with Crippen molar-refractivity contribution < 1.29 is 13.0 Å². The summed E-state index contributed by atoms with van der Waals surface area (Å²) in [6.45, 7) is 0. The van der Waals surface area contributed by atoms with Crippen molar-refractivity contribution in [3.63, 3.8) is 0 Å². The molecule has 0 heterocycles. The van der Waals surface area contributed by atoms with Crippen molar-refractivity contribution >= 4 is 7.76 Å². The smallest absolute Gasteiger partial charge is 0.250 e. The van der Waals surface area contributed by atoms with Crippen LogP contribution in [-0.2, 0) is 4.57 Å². The molecule has 1 aliphatic carbocycles. The molecule has 0 aromatic heterocycles. The number of hydrogen-bond donors (Lipinski definition) is 0. The highest BCUT2D eigenvalue weighted by molar-refractivity contribution is 7.52. The van der Waals surface area contributed by atoms with Crippen molar-refractivity contribution in [3.05, 3.63) is 0 Å². The van der Waals surface area contributed by atoms with Crippen LogP contribution in [0.25, 0.3) is 0 Å². The summed E-state index contributed by atoms with van der Waals surface area (Å²) >= 11 is 0. The highest BCUT2D eigenvalue weighted by Gasteiger charge is 2.26. The van der Waals surface area contributed by atoms with Gasteiger partial charge in [0.15, 0.2) is 0 Å². The lowest BCUT2D eigenvalue weighted by molar-refractivity contribution is 0.373. The molecule has 1 saturated carbocycles. The lowest BCUT2D eigenvalue weighted by atomic mass is 9.91. The summed E-state index contributed by atoms with van der Waals surface area (Å²) in [6.07, 6.45) is 4.57. The maximum absolute atomic E-state index is 12.1. The molecule has 1 aliphatic rings. The molecule has 0 saturated heterocycles. The summed E-state index contributed by atoms with van der Waals surface area (Å²) < 4.78 is 34.3. The van der Waals surface area contributed by atoms with Gasteiger partial charge in [-0.25, -0.2) is 0 Å². The predicted octanol–water partition coefficient (Wildman–Crippen LogP) is 3.70. The van der Waals surface area contributed by atoms with Crippen molar-refractivity contribution in [1.29, 1.82) is 0 Å². The van der Waals surface area contributed by atoms with Gasteiger partial charge in [0.2, 0.25) is 0 Å². The number of hydrogen-bond acceptors (Lipinski definition) is 1. The third-order valence-corrected chi connectivity index (χ3v) is 3.14. The maximum atomic E-state index is 12.1. The quantitative estimate of drug-likeness (QED) is 0.595. The second-order valence-electron chi connectivity index (χ2n) is 3.26. The van der Waals surface area contributed by atoms with Crippen LogP contribution in [0.2, 0.25) is 0 Å². The van der Waals surface area contributed by atoms with Gasteiger partial charge in [0, 0.05) is 0 Å². The van der Waals surface area contributed by atoms with Crippen LogP contribution in [0.1, 0.15) is 32.1 Å². The first-order valence-electron chi connectivity index (χ1n) is 4.06. The Kier molecular flexibility index (Phi) is 3.06. The monoisotopic (exact) mass is 182 g/mol. The fourth-order valence-electron chi connectivity index (χ4n) is 1.67. The third-order valence-electron chi connectivity index (χ3n) is 2.20. The molecule has 0 atom stereocenters. The topological polar surface area (TPSA) is 17.1 Å². The van der Waals surface area contributed by atoms with Crippen LogP contribution in [0.3, 0.4) is 0 Å². The molecular weight excluding hydrogens is 169 g/mol. The van der Waals surface area contributed by atoms with Gasteiger partial charge in [0.25, 0.3) is 0 Å². The third kappa shape index (κ3) is 3.85. The molecule has 0 amide bonds. The molecule has 1 rings (SSSR count). The standard InChI is InChI=1S/C7H13F2OP/c8-11(9,10)6-7-4-2-1-3-5-7/h7H,1-6H2. The lowest BCUT2D eigenvalue weighted by Gasteiger charge is -2.20. The van der Waals surface area contributed by atoms with E-state index in [1.54, 1.807) is 0 Å². The summed E-state index contributed by atoms with van der Waals surface area (Å²) in [7, 11) is -4.73. The molecule has 66 valence electrons. The van der Waals surface area contributed by atoms with Crippen molar-refractivity contribution in [2.45, 2.75) is 32.1 Å². The summed E-state index contributed by atoms with van der Waals surface area (Å²) in [4.78, 5) is 0. The Bertz CT molecular complexity index is 160. The van der Waals surface area contributed by atoms with Crippen LogP contribution in [-0.4, -0.2) is 6.16 Å². The minimum atomic E-state index is -4.73. The molecule has 0 spiro atoms. The van der Waals surface area contributed by atoms with Crippen LogP contribution in [0.4, 0.5) is 8.39 Å². The van der Waals surface area contributed by atoms with Gasteiger partial charge in [-0.05, 0) is 18.8 Å². The Morgan fingerprint density at radius 2 is 1.73 bits per heavy atom. The first-order valence-corrected chi connectivity index (χ1v) is 5.74. The van der Waals surface area contributed by atoms with Gasteiger partial charge in [0.1, 0.15) is 0 Å². The molecular formula is C7H13F2OP. The van der Waals surface area contributed by atoms with E-state index in [1.165, 1.54) is 0 Å². The van der Waals surface area contributed by atoms with Gasteiger partial charge >= 0.3 is 7.76 Å². The molecule has 1 nitrogen and oxygen atoms in total. The zero-order valence-corrected chi connectivity index (χ0v) is 7.33. The van der Waals surface area contributed by atoms with Crippen molar-refractivity contribution in [2.24, 2.45) is 5.92 Å². The molecule has 0 aromatic rings. The first-order chi connectivity index (χ1) is 5.08. The summed E-state index contributed by atoms with van der Waals surface area (Å²) in [6, 6.07) is 0. The average Bonchev–Trinajstić information content (AvgIpc) is 1.85. The Hall–Kier alpha value is 0.0900. The normalized spacial score (nSPS) is 22.0. The van der Waals surface area contributed by atoms with Crippen LogP contribution < -0.4 is 0 Å². The molecule has 0 unspecified atom stereocenters. The van der Waals surface area contributed by atoms with Gasteiger partial charge in [-0.1, -0.05) is 19.3 Å². The van der Waals surface area contributed by atoms with E-state index in [-0.39, 0.29) is 12.1 Å². The van der Waals surface area contributed by atoms with E-state index in [1.807, 2.05) is 0 Å². The highest BCUT2D eigenvalue weighted by atomic mass is 31.2. The summed E-state index contributed by atoms with van der Waals surface area (Å²) in [5.41, 5.74) is 0. The Labute approximate surface area is 65.8 Å². The van der Waals surface area contributed by atoms with E-state index in [9.17, 15) is 13.0 Å². The second-order valence-corrected chi connectivity index (χ2v) is 4.76. The number of halogens is 2. The molecule has 0 aromatic carbocycles. The largest absolute Gasteiger partial charge is 0.403 e. The van der Waals surface area contributed by atoms with Crippen LogP contribution >= 0.6 is 7.76 Å². The van der Waals surface area contributed by atoms with Crippen LogP contribution in [0.5, 0.6) is 0 Å². The highest BCUT2D eigenvalue weighted by Crippen LogP contribution is 2.52. The SMILES string of the molecule is O=P(F)(F)CC1CCCCC1. The minimum absolute atomic E-state index is 0.0320. The van der Waals surface area contributed by atoms with Gasteiger partial charge < -0.3 is 0 Å². The van der Waals surface area contributed by atoms with E-state index in [4.69, 9.17) is 0 Å². The zero-order chi connectivity index (χ0) is 8.32.